The molecular weight excluding hydrogens is 470 g/mol. The number of hydrogen-bond donors (Lipinski definition) is 0. The molecular formula is C22H20ClN3O6S. The molecule has 0 aliphatic carbocycles. The summed E-state index contributed by atoms with van der Waals surface area (Å²) in [4.78, 5) is 14.6. The number of fused-ring (bicyclic) bond motifs is 1. The molecule has 0 radical (unpaired) electrons. The van der Waals surface area contributed by atoms with E-state index in [4.69, 9.17) is 25.6 Å². The van der Waals surface area contributed by atoms with E-state index >= 15 is 0 Å². The van der Waals surface area contributed by atoms with Crippen LogP contribution >= 0.6 is 11.6 Å². The summed E-state index contributed by atoms with van der Waals surface area (Å²) < 4.78 is 43.8. The number of halogens is 1. The summed E-state index contributed by atoms with van der Waals surface area (Å²) in [6.07, 6.45) is 0. The van der Waals surface area contributed by atoms with Gasteiger partial charge in [-0.15, -0.1) is 0 Å². The average Bonchev–Trinajstić information content (AvgIpc) is 3.34. The van der Waals surface area contributed by atoms with E-state index in [1.807, 2.05) is 6.07 Å². The lowest BCUT2D eigenvalue weighted by Gasteiger charge is -2.33. The van der Waals surface area contributed by atoms with E-state index in [0.29, 0.717) is 41.1 Å². The van der Waals surface area contributed by atoms with Crippen LogP contribution in [0.4, 0.5) is 0 Å². The third-order valence-corrected chi connectivity index (χ3v) is 7.65. The van der Waals surface area contributed by atoms with Crippen molar-refractivity contribution < 1.29 is 27.2 Å². The minimum Gasteiger partial charge on any atom is -0.486 e. The van der Waals surface area contributed by atoms with E-state index < -0.39 is 10.0 Å². The molecule has 1 aromatic heterocycles. The monoisotopic (exact) mass is 489 g/mol. The Balaban J connectivity index is 1.26. The van der Waals surface area contributed by atoms with Crippen LogP contribution in [0.2, 0.25) is 5.02 Å². The lowest BCUT2D eigenvalue weighted by Crippen LogP contribution is -2.50. The van der Waals surface area contributed by atoms with Gasteiger partial charge in [0.05, 0.1) is 4.90 Å². The number of carbonyl (C=O) groups excluding carboxylic acids is 1. The summed E-state index contributed by atoms with van der Waals surface area (Å²) in [5.41, 5.74) is 0.873. The van der Waals surface area contributed by atoms with Crippen LogP contribution in [0.15, 0.2) is 57.9 Å². The van der Waals surface area contributed by atoms with Crippen molar-refractivity contribution in [3.8, 4) is 22.8 Å². The Labute approximate surface area is 195 Å². The van der Waals surface area contributed by atoms with Crippen molar-refractivity contribution in [2.24, 2.45) is 0 Å². The number of hydrogen-bond acceptors (Lipinski definition) is 7. The standard InChI is InChI=1S/C22H20ClN3O6S/c23-16-3-1-2-15(12-16)20-14-18(24-32-20)22(27)25-6-8-26(9-7-25)33(28,29)17-4-5-19-21(13-17)31-11-10-30-19/h1-5,12-14H,6-11H2. The number of carbonyl (C=O) groups is 1. The highest BCUT2D eigenvalue weighted by Gasteiger charge is 2.32. The summed E-state index contributed by atoms with van der Waals surface area (Å²) in [6, 6.07) is 13.2. The first-order valence-corrected chi connectivity index (χ1v) is 12.2. The van der Waals surface area contributed by atoms with Crippen LogP contribution in [0.1, 0.15) is 10.5 Å². The van der Waals surface area contributed by atoms with Crippen molar-refractivity contribution in [2.75, 3.05) is 39.4 Å². The highest BCUT2D eigenvalue weighted by atomic mass is 35.5. The molecule has 1 amide bonds. The van der Waals surface area contributed by atoms with E-state index in [-0.39, 0.29) is 42.7 Å². The van der Waals surface area contributed by atoms with Gasteiger partial charge < -0.3 is 18.9 Å². The molecule has 9 nitrogen and oxygen atoms in total. The maximum absolute atomic E-state index is 13.1. The molecule has 0 N–H and O–H groups in total. The Bertz CT molecular complexity index is 1300. The maximum Gasteiger partial charge on any atom is 0.276 e. The first-order chi connectivity index (χ1) is 15.9. The van der Waals surface area contributed by atoms with Gasteiger partial charge >= 0.3 is 0 Å². The van der Waals surface area contributed by atoms with Crippen LogP contribution < -0.4 is 9.47 Å². The van der Waals surface area contributed by atoms with Crippen molar-refractivity contribution in [2.45, 2.75) is 4.90 Å². The van der Waals surface area contributed by atoms with Crippen LogP contribution in [0.5, 0.6) is 11.5 Å². The molecule has 5 rings (SSSR count). The van der Waals surface area contributed by atoms with Gasteiger partial charge in [-0.2, -0.15) is 4.31 Å². The first kappa shape index (κ1) is 21.7. The Morgan fingerprint density at radius 2 is 1.70 bits per heavy atom. The third kappa shape index (κ3) is 4.29. The molecule has 2 aliphatic rings. The van der Waals surface area contributed by atoms with Gasteiger partial charge in [0.2, 0.25) is 10.0 Å². The topological polar surface area (TPSA) is 102 Å². The quantitative estimate of drug-likeness (QED) is 0.555. The molecule has 2 aromatic carbocycles. The number of amides is 1. The minimum atomic E-state index is -3.73. The Kier molecular flexibility index (Phi) is 5.73. The number of rotatable bonds is 4. The Morgan fingerprint density at radius 1 is 0.939 bits per heavy atom. The molecule has 0 spiro atoms. The Hall–Kier alpha value is -3.08. The summed E-state index contributed by atoms with van der Waals surface area (Å²) in [5.74, 6) is 1.06. The van der Waals surface area contributed by atoms with Gasteiger partial charge in [-0.1, -0.05) is 28.9 Å². The smallest absolute Gasteiger partial charge is 0.276 e. The normalized spacial score (nSPS) is 16.6. The molecule has 0 saturated carbocycles. The van der Waals surface area contributed by atoms with Crippen LogP contribution in [0.25, 0.3) is 11.3 Å². The van der Waals surface area contributed by atoms with Crippen LogP contribution in [0, 0.1) is 0 Å². The highest BCUT2D eigenvalue weighted by molar-refractivity contribution is 7.89. The first-order valence-electron chi connectivity index (χ1n) is 10.3. The van der Waals surface area contributed by atoms with E-state index in [0.717, 1.165) is 0 Å². The van der Waals surface area contributed by atoms with E-state index in [9.17, 15) is 13.2 Å². The summed E-state index contributed by atoms with van der Waals surface area (Å²) in [6.45, 7) is 1.62. The van der Waals surface area contributed by atoms with Gasteiger partial charge in [-0.3, -0.25) is 4.79 Å². The molecule has 0 atom stereocenters. The fourth-order valence-corrected chi connectivity index (χ4v) is 5.41. The summed E-state index contributed by atoms with van der Waals surface area (Å²) >= 11 is 6.01. The number of sulfonamides is 1. The number of benzene rings is 2. The third-order valence-electron chi connectivity index (χ3n) is 5.52. The second-order valence-corrected chi connectivity index (χ2v) is 9.96. The molecule has 0 bridgehead atoms. The van der Waals surface area contributed by atoms with Crippen molar-refractivity contribution in [3.63, 3.8) is 0 Å². The maximum atomic E-state index is 13.1. The number of piperazine rings is 1. The lowest BCUT2D eigenvalue weighted by molar-refractivity contribution is 0.0687. The average molecular weight is 490 g/mol. The highest BCUT2D eigenvalue weighted by Crippen LogP contribution is 2.33. The van der Waals surface area contributed by atoms with Crippen molar-refractivity contribution in [1.82, 2.24) is 14.4 Å². The van der Waals surface area contributed by atoms with E-state index in [2.05, 4.69) is 5.16 Å². The van der Waals surface area contributed by atoms with Crippen LogP contribution in [0.3, 0.4) is 0 Å². The van der Waals surface area contributed by atoms with Gasteiger partial charge in [-0.05, 0) is 24.3 Å². The molecule has 11 heteroatoms. The van der Waals surface area contributed by atoms with Crippen molar-refractivity contribution in [3.05, 3.63) is 59.2 Å². The molecule has 1 fully saturated rings. The number of nitrogens with zero attached hydrogens (tertiary/aromatic N) is 3. The van der Waals surface area contributed by atoms with Gasteiger partial charge in [0.15, 0.2) is 23.0 Å². The van der Waals surface area contributed by atoms with Gasteiger partial charge in [0.1, 0.15) is 13.2 Å². The second kappa shape index (κ2) is 8.69. The minimum absolute atomic E-state index is 0.134. The molecule has 33 heavy (non-hydrogen) atoms. The fraction of sp³-hybridized carbons (Fsp3) is 0.273. The predicted octanol–water partition coefficient (Wildman–Crippen LogP) is 2.91. The van der Waals surface area contributed by atoms with Gasteiger partial charge in [0.25, 0.3) is 5.91 Å². The van der Waals surface area contributed by atoms with Gasteiger partial charge in [0, 0.05) is 48.9 Å². The number of ether oxygens (including phenoxy) is 2. The van der Waals surface area contributed by atoms with Crippen LogP contribution in [-0.4, -0.2) is 68.1 Å². The SMILES string of the molecule is O=C(c1cc(-c2cccc(Cl)c2)on1)N1CCN(S(=O)(=O)c2ccc3c(c2)OCCO3)CC1. The summed E-state index contributed by atoms with van der Waals surface area (Å²) in [5, 5.41) is 4.44. The lowest BCUT2D eigenvalue weighted by atomic mass is 10.1. The second-order valence-electron chi connectivity index (χ2n) is 7.59. The number of aromatic nitrogens is 1. The molecule has 0 unspecified atom stereocenters. The predicted molar refractivity (Wildman–Crippen MR) is 119 cm³/mol. The molecule has 2 aliphatic heterocycles. The molecule has 3 heterocycles. The Morgan fingerprint density at radius 3 is 2.45 bits per heavy atom. The van der Waals surface area contributed by atoms with Crippen LogP contribution in [-0.2, 0) is 10.0 Å². The van der Waals surface area contributed by atoms with E-state index in [1.54, 1.807) is 35.2 Å². The molecule has 3 aromatic rings. The largest absolute Gasteiger partial charge is 0.486 e. The van der Waals surface area contributed by atoms with Crippen molar-refractivity contribution in [1.29, 1.82) is 0 Å². The molecule has 1 saturated heterocycles. The fourth-order valence-electron chi connectivity index (χ4n) is 3.78. The summed E-state index contributed by atoms with van der Waals surface area (Å²) in [7, 11) is -3.73. The van der Waals surface area contributed by atoms with Crippen molar-refractivity contribution >= 4 is 27.5 Å². The zero-order chi connectivity index (χ0) is 23.0. The molecule has 172 valence electrons. The zero-order valence-electron chi connectivity index (χ0n) is 17.4. The van der Waals surface area contributed by atoms with Gasteiger partial charge in [-0.25, -0.2) is 8.42 Å². The zero-order valence-corrected chi connectivity index (χ0v) is 19.0. The van der Waals surface area contributed by atoms with E-state index in [1.165, 1.54) is 16.4 Å².